The van der Waals surface area contributed by atoms with Crippen LogP contribution in [0.25, 0.3) is 0 Å². The zero-order valence-electron chi connectivity index (χ0n) is 14.7. The fourth-order valence-corrected chi connectivity index (χ4v) is 3.76. The van der Waals surface area contributed by atoms with E-state index in [1.807, 2.05) is 24.3 Å². The van der Waals surface area contributed by atoms with Crippen molar-refractivity contribution in [3.63, 3.8) is 0 Å². The quantitative estimate of drug-likeness (QED) is 0.649. The maximum atomic E-state index is 9.71. The number of allylic oxidation sites excluding steroid dienone is 8. The van der Waals surface area contributed by atoms with Gasteiger partial charge >= 0.3 is 0 Å². The number of aliphatic hydroxyl groups excluding tert-OH is 2. The smallest absolute Gasteiger partial charge is 0.115 e. The van der Waals surface area contributed by atoms with Gasteiger partial charge in [0.2, 0.25) is 0 Å². The summed E-state index contributed by atoms with van der Waals surface area (Å²) in [5, 5.41) is 28.9. The van der Waals surface area contributed by atoms with Crippen molar-refractivity contribution in [2.45, 2.75) is 45.4 Å². The Balaban J connectivity index is 1.87. The van der Waals surface area contributed by atoms with Gasteiger partial charge in [0, 0.05) is 18.3 Å². The first kappa shape index (κ1) is 17.4. The average Bonchev–Trinajstić information content (AvgIpc) is 2.62. The lowest BCUT2D eigenvalue weighted by Crippen LogP contribution is -2.25. The fraction of sp³-hybridized carbons (Fsp3) is 0.364. The first-order valence-corrected chi connectivity index (χ1v) is 8.93. The Morgan fingerprint density at radius 2 is 1.28 bits per heavy atom. The van der Waals surface area contributed by atoms with Gasteiger partial charge in [-0.15, -0.1) is 0 Å². The molecule has 3 heteroatoms. The second-order valence-electron chi connectivity index (χ2n) is 7.20. The van der Waals surface area contributed by atoms with Crippen molar-refractivity contribution in [2.24, 2.45) is 5.41 Å². The van der Waals surface area contributed by atoms with Crippen LogP contribution in [0.2, 0.25) is 0 Å². The van der Waals surface area contributed by atoms with E-state index < -0.39 is 0 Å². The molecule has 2 aliphatic carbocycles. The molecule has 1 aromatic carbocycles. The Morgan fingerprint density at radius 3 is 1.72 bits per heavy atom. The van der Waals surface area contributed by atoms with Crippen molar-refractivity contribution in [3.05, 3.63) is 76.8 Å². The van der Waals surface area contributed by atoms with Crippen molar-refractivity contribution in [1.29, 1.82) is 0 Å². The van der Waals surface area contributed by atoms with Crippen molar-refractivity contribution in [3.8, 4) is 5.75 Å². The molecule has 3 rings (SSSR count). The lowest BCUT2D eigenvalue weighted by molar-refractivity contribution is 0.350. The van der Waals surface area contributed by atoms with E-state index in [-0.39, 0.29) is 11.2 Å². The lowest BCUT2D eigenvalue weighted by Gasteiger charge is -2.37. The molecule has 2 aliphatic rings. The molecule has 0 saturated carbocycles. The molecule has 0 amide bonds. The van der Waals surface area contributed by atoms with Crippen LogP contribution in [0.15, 0.2) is 71.2 Å². The molecule has 0 spiro atoms. The number of benzene rings is 1. The zero-order valence-corrected chi connectivity index (χ0v) is 14.7. The highest BCUT2D eigenvalue weighted by Gasteiger charge is 2.33. The summed E-state index contributed by atoms with van der Waals surface area (Å²) in [7, 11) is 0. The topological polar surface area (TPSA) is 60.7 Å². The van der Waals surface area contributed by atoms with Crippen LogP contribution in [-0.4, -0.2) is 15.3 Å². The normalized spacial score (nSPS) is 18.1. The monoisotopic (exact) mass is 338 g/mol. The van der Waals surface area contributed by atoms with Gasteiger partial charge in [0.15, 0.2) is 0 Å². The Morgan fingerprint density at radius 1 is 0.760 bits per heavy atom. The van der Waals surface area contributed by atoms with Crippen LogP contribution in [0, 0.1) is 5.41 Å². The van der Waals surface area contributed by atoms with Crippen molar-refractivity contribution < 1.29 is 15.3 Å². The average molecular weight is 338 g/mol. The number of hydrogen-bond donors (Lipinski definition) is 3. The summed E-state index contributed by atoms with van der Waals surface area (Å²) in [6, 6.07) is 7.40. The molecule has 0 aliphatic heterocycles. The maximum absolute atomic E-state index is 9.71. The number of phenols is 1. The summed E-state index contributed by atoms with van der Waals surface area (Å²) < 4.78 is 0. The summed E-state index contributed by atoms with van der Waals surface area (Å²) >= 11 is 0. The third-order valence-electron chi connectivity index (χ3n) is 5.52. The molecule has 0 heterocycles. The summed E-state index contributed by atoms with van der Waals surface area (Å²) in [6.45, 7) is 2.28. The van der Waals surface area contributed by atoms with E-state index in [2.05, 4.69) is 19.1 Å². The van der Waals surface area contributed by atoms with Gasteiger partial charge in [-0.2, -0.15) is 0 Å². The van der Waals surface area contributed by atoms with Crippen LogP contribution in [-0.2, 0) is 6.42 Å². The highest BCUT2D eigenvalue weighted by Crippen LogP contribution is 2.46. The van der Waals surface area contributed by atoms with Crippen LogP contribution in [0.1, 0.15) is 44.6 Å². The number of aliphatic hydroxyl groups is 2. The van der Waals surface area contributed by atoms with Gasteiger partial charge in [-0.05, 0) is 55.5 Å². The van der Waals surface area contributed by atoms with E-state index in [1.54, 1.807) is 12.1 Å². The van der Waals surface area contributed by atoms with Crippen LogP contribution in [0.5, 0.6) is 5.75 Å². The fourth-order valence-electron chi connectivity index (χ4n) is 3.76. The summed E-state index contributed by atoms with van der Waals surface area (Å²) in [6.07, 6.45) is 12.7. The van der Waals surface area contributed by atoms with Crippen LogP contribution >= 0.6 is 0 Å². The van der Waals surface area contributed by atoms with Crippen molar-refractivity contribution >= 4 is 0 Å². The molecular formula is C22H26O3. The van der Waals surface area contributed by atoms with Gasteiger partial charge in [0.05, 0.1) is 11.5 Å². The predicted molar refractivity (Wildman–Crippen MR) is 101 cm³/mol. The largest absolute Gasteiger partial charge is 0.512 e. The van der Waals surface area contributed by atoms with E-state index in [4.69, 9.17) is 0 Å². The molecule has 0 aromatic heterocycles. The van der Waals surface area contributed by atoms with Gasteiger partial charge in [-0.1, -0.05) is 42.4 Å². The van der Waals surface area contributed by atoms with Gasteiger partial charge in [0.1, 0.15) is 5.75 Å². The van der Waals surface area contributed by atoms with Crippen LogP contribution < -0.4 is 0 Å². The van der Waals surface area contributed by atoms with E-state index in [0.29, 0.717) is 24.4 Å². The number of aromatic hydroxyl groups is 1. The van der Waals surface area contributed by atoms with Crippen molar-refractivity contribution in [1.82, 2.24) is 0 Å². The minimum atomic E-state index is -0.0910. The molecule has 3 N–H and O–H groups in total. The summed E-state index contributed by atoms with van der Waals surface area (Å²) in [5.41, 5.74) is 3.79. The summed E-state index contributed by atoms with van der Waals surface area (Å²) in [4.78, 5) is 0. The molecule has 132 valence electrons. The molecule has 1 aromatic rings. The Bertz CT molecular complexity index is 710. The van der Waals surface area contributed by atoms with E-state index in [9.17, 15) is 15.3 Å². The highest BCUT2D eigenvalue weighted by molar-refractivity contribution is 5.38. The Kier molecular flexibility index (Phi) is 5.03. The van der Waals surface area contributed by atoms with Crippen LogP contribution in [0.3, 0.4) is 0 Å². The van der Waals surface area contributed by atoms with Gasteiger partial charge in [-0.25, -0.2) is 0 Å². The molecule has 25 heavy (non-hydrogen) atoms. The molecule has 0 bridgehead atoms. The van der Waals surface area contributed by atoms with Gasteiger partial charge in [-0.3, -0.25) is 0 Å². The predicted octanol–water partition coefficient (Wildman–Crippen LogP) is 5.66. The maximum Gasteiger partial charge on any atom is 0.115 e. The minimum absolute atomic E-state index is 0.0910. The number of phenolic OH excluding ortho intramolecular Hbond substituents is 1. The lowest BCUT2D eigenvalue weighted by atomic mass is 9.67. The number of rotatable bonds is 5. The van der Waals surface area contributed by atoms with E-state index >= 15 is 0 Å². The number of aryl methyl sites for hydroxylation is 1. The molecule has 0 atom stereocenters. The third-order valence-corrected chi connectivity index (χ3v) is 5.52. The molecule has 0 unspecified atom stereocenters. The third kappa shape index (κ3) is 3.98. The second kappa shape index (κ2) is 7.22. The molecular weight excluding hydrogens is 312 g/mol. The second-order valence-corrected chi connectivity index (χ2v) is 7.20. The molecule has 0 radical (unpaired) electrons. The first-order chi connectivity index (χ1) is 12.0. The summed E-state index contributed by atoms with van der Waals surface area (Å²) in [5.74, 6) is 1.18. The van der Waals surface area contributed by atoms with Crippen LogP contribution in [0.4, 0.5) is 0 Å². The Labute approximate surface area is 149 Å². The Hall–Kier alpha value is -2.42. The first-order valence-electron chi connectivity index (χ1n) is 8.93. The standard InChI is InChI=1S/C22H26O3/c1-22(17-4-10-20(24)11-5-17,18-6-12-21(25)13-7-18)15-14-16-2-8-19(23)9-3-16/h2-4,6,8-10,12,23-25H,5,7,11,13-15H2,1H3. The molecule has 0 saturated heterocycles. The van der Waals surface area contributed by atoms with E-state index in [1.165, 1.54) is 16.7 Å². The van der Waals surface area contributed by atoms with E-state index in [0.717, 1.165) is 25.7 Å². The molecule has 3 nitrogen and oxygen atoms in total. The van der Waals surface area contributed by atoms with Gasteiger partial charge in [0.25, 0.3) is 0 Å². The number of hydrogen-bond acceptors (Lipinski definition) is 3. The zero-order chi connectivity index (χ0) is 17.9. The van der Waals surface area contributed by atoms with Gasteiger partial charge < -0.3 is 15.3 Å². The van der Waals surface area contributed by atoms with Crippen molar-refractivity contribution in [2.75, 3.05) is 0 Å². The minimum Gasteiger partial charge on any atom is -0.512 e. The SMILES string of the molecule is CC(CCc1ccc(O)cc1)(C1=CC=C(O)CC1)C1=CC=C(O)CC1. The molecule has 0 fully saturated rings. The highest BCUT2D eigenvalue weighted by atomic mass is 16.3.